The number of hydrogen-bond acceptors (Lipinski definition) is 6. The molecule has 1 aromatic carbocycles. The van der Waals surface area contributed by atoms with E-state index >= 15 is 0 Å². The number of aromatic nitrogens is 2. The van der Waals surface area contributed by atoms with Crippen LogP contribution in [0.2, 0.25) is 5.02 Å². The maximum absolute atomic E-state index is 13.9. The number of nitrogens with zero attached hydrogens (tertiary/aromatic N) is 1. The van der Waals surface area contributed by atoms with Crippen LogP contribution < -0.4 is 22.8 Å². The third-order valence-corrected chi connectivity index (χ3v) is 3.55. The molecule has 0 aliphatic carbocycles. The minimum Gasteiger partial charge on any atom is -0.398 e. The van der Waals surface area contributed by atoms with Crippen molar-refractivity contribution in [3.8, 4) is 0 Å². The Bertz CT molecular complexity index is 705. The van der Waals surface area contributed by atoms with Gasteiger partial charge in [-0.1, -0.05) is 11.6 Å². The van der Waals surface area contributed by atoms with Gasteiger partial charge in [-0.3, -0.25) is 4.79 Å². The van der Waals surface area contributed by atoms with E-state index in [0.717, 1.165) is 17.8 Å². The summed E-state index contributed by atoms with van der Waals surface area (Å²) >= 11 is 6.50. The molecule has 0 saturated heterocycles. The second kappa shape index (κ2) is 4.98. The van der Waals surface area contributed by atoms with Gasteiger partial charge in [-0.25, -0.2) is 9.37 Å². The van der Waals surface area contributed by atoms with Crippen molar-refractivity contribution in [2.24, 2.45) is 0 Å². The molecule has 0 amide bonds. The molecule has 7 N–H and O–H groups in total. The van der Waals surface area contributed by atoms with Crippen molar-refractivity contribution in [3.05, 3.63) is 33.3 Å². The first kappa shape index (κ1) is 13.5. The van der Waals surface area contributed by atoms with E-state index in [2.05, 4.69) is 9.97 Å². The molecule has 100 valence electrons. The van der Waals surface area contributed by atoms with Gasteiger partial charge in [0, 0.05) is 6.07 Å². The van der Waals surface area contributed by atoms with E-state index in [0.29, 0.717) is 0 Å². The summed E-state index contributed by atoms with van der Waals surface area (Å²) in [6, 6.07) is 2.44. The molecule has 0 aliphatic heterocycles. The number of hydrogen-bond donors (Lipinski definition) is 4. The van der Waals surface area contributed by atoms with Gasteiger partial charge in [0.15, 0.2) is 11.0 Å². The van der Waals surface area contributed by atoms with Crippen molar-refractivity contribution in [1.82, 2.24) is 9.97 Å². The maximum Gasteiger partial charge on any atom is 0.253 e. The van der Waals surface area contributed by atoms with E-state index < -0.39 is 11.4 Å². The zero-order valence-corrected chi connectivity index (χ0v) is 11.0. The van der Waals surface area contributed by atoms with Crippen molar-refractivity contribution in [2.75, 3.05) is 17.2 Å². The molecule has 0 fully saturated rings. The SMILES string of the molecule is Nc1cc(=O)[nH]c(Sc2c(N)cc(N)c(Cl)c2F)n1. The summed E-state index contributed by atoms with van der Waals surface area (Å²) in [5.74, 6) is -0.749. The van der Waals surface area contributed by atoms with Crippen LogP contribution in [0.25, 0.3) is 0 Å². The number of H-pyrrole nitrogens is 1. The van der Waals surface area contributed by atoms with E-state index in [4.69, 9.17) is 28.8 Å². The normalized spacial score (nSPS) is 10.6. The number of benzene rings is 1. The first-order chi connectivity index (χ1) is 8.88. The number of nitrogens with two attached hydrogens (primary N) is 3. The lowest BCUT2D eigenvalue weighted by Crippen LogP contribution is -2.09. The van der Waals surface area contributed by atoms with Crippen LogP contribution in [0.3, 0.4) is 0 Å². The molecule has 1 aromatic heterocycles. The maximum atomic E-state index is 13.9. The largest absolute Gasteiger partial charge is 0.398 e. The second-order valence-corrected chi connectivity index (χ2v) is 4.97. The van der Waals surface area contributed by atoms with Crippen molar-refractivity contribution in [1.29, 1.82) is 0 Å². The number of anilines is 3. The Hall–Kier alpha value is -1.93. The quantitative estimate of drug-likeness (QED) is 0.492. The summed E-state index contributed by atoms with van der Waals surface area (Å²) in [6.45, 7) is 0. The van der Waals surface area contributed by atoms with Gasteiger partial charge in [0.2, 0.25) is 0 Å². The van der Waals surface area contributed by atoms with Crippen LogP contribution in [0.4, 0.5) is 21.6 Å². The lowest BCUT2D eigenvalue weighted by Gasteiger charge is -2.09. The zero-order chi connectivity index (χ0) is 14.2. The molecule has 1 heterocycles. The van der Waals surface area contributed by atoms with E-state index in [1.165, 1.54) is 6.07 Å². The summed E-state index contributed by atoms with van der Waals surface area (Å²) in [7, 11) is 0. The molecule has 0 saturated carbocycles. The summed E-state index contributed by atoms with van der Waals surface area (Å²) < 4.78 is 13.9. The predicted octanol–water partition coefficient (Wildman–Crippen LogP) is 1.46. The van der Waals surface area contributed by atoms with Gasteiger partial charge < -0.3 is 22.2 Å². The Morgan fingerprint density at radius 2 is 1.95 bits per heavy atom. The molecule has 0 bridgehead atoms. The van der Waals surface area contributed by atoms with Crippen molar-refractivity contribution >= 4 is 40.6 Å². The monoisotopic (exact) mass is 301 g/mol. The van der Waals surface area contributed by atoms with Gasteiger partial charge in [-0.2, -0.15) is 0 Å². The summed E-state index contributed by atoms with van der Waals surface area (Å²) in [6.07, 6.45) is 0. The topological polar surface area (TPSA) is 124 Å². The third kappa shape index (κ3) is 2.74. The number of halogens is 2. The highest BCUT2D eigenvalue weighted by Crippen LogP contribution is 2.38. The van der Waals surface area contributed by atoms with Gasteiger partial charge in [0.25, 0.3) is 5.56 Å². The highest BCUT2D eigenvalue weighted by atomic mass is 35.5. The van der Waals surface area contributed by atoms with Gasteiger partial charge in [0.1, 0.15) is 10.8 Å². The zero-order valence-electron chi connectivity index (χ0n) is 9.41. The lowest BCUT2D eigenvalue weighted by molar-refractivity contribution is 0.604. The van der Waals surface area contributed by atoms with Crippen LogP contribution in [-0.2, 0) is 0 Å². The molecular formula is C10H9ClFN5OS. The third-order valence-electron chi connectivity index (χ3n) is 2.16. The fraction of sp³-hybridized carbons (Fsp3) is 0. The highest BCUT2D eigenvalue weighted by molar-refractivity contribution is 7.99. The summed E-state index contributed by atoms with van der Waals surface area (Å²) in [4.78, 5) is 17.5. The average Bonchev–Trinajstić information content (AvgIpc) is 2.31. The Morgan fingerprint density at radius 1 is 1.26 bits per heavy atom. The highest BCUT2D eigenvalue weighted by Gasteiger charge is 2.16. The Morgan fingerprint density at radius 3 is 2.58 bits per heavy atom. The molecule has 6 nitrogen and oxygen atoms in total. The molecule has 9 heteroatoms. The minimum atomic E-state index is -0.769. The molecular weight excluding hydrogens is 293 g/mol. The minimum absolute atomic E-state index is 0.0202. The van der Waals surface area contributed by atoms with Gasteiger partial charge in [0.05, 0.1) is 16.3 Å². The lowest BCUT2D eigenvalue weighted by atomic mass is 10.3. The molecule has 19 heavy (non-hydrogen) atoms. The molecule has 2 aromatic rings. The number of aromatic amines is 1. The van der Waals surface area contributed by atoms with Crippen molar-refractivity contribution in [3.63, 3.8) is 0 Å². The Kier molecular flexibility index (Phi) is 3.54. The first-order valence-corrected chi connectivity index (χ1v) is 6.15. The van der Waals surface area contributed by atoms with Crippen LogP contribution in [-0.4, -0.2) is 9.97 Å². The van der Waals surface area contributed by atoms with E-state index in [9.17, 15) is 9.18 Å². The number of nitrogens with one attached hydrogen (secondary N) is 1. The first-order valence-electron chi connectivity index (χ1n) is 4.96. The van der Waals surface area contributed by atoms with Gasteiger partial charge in [-0.05, 0) is 17.8 Å². The smallest absolute Gasteiger partial charge is 0.253 e. The summed E-state index contributed by atoms with van der Waals surface area (Å²) in [5.41, 5.74) is 16.3. The van der Waals surface area contributed by atoms with Crippen LogP contribution in [0.1, 0.15) is 0 Å². The fourth-order valence-corrected chi connectivity index (χ4v) is 2.42. The average molecular weight is 302 g/mol. The van der Waals surface area contributed by atoms with Gasteiger partial charge >= 0.3 is 0 Å². The van der Waals surface area contributed by atoms with Crippen molar-refractivity contribution in [2.45, 2.75) is 10.1 Å². The van der Waals surface area contributed by atoms with Crippen LogP contribution in [0, 0.1) is 5.82 Å². The molecule has 0 atom stereocenters. The number of rotatable bonds is 2. The number of nitrogen functional groups attached to an aromatic ring is 3. The predicted molar refractivity (Wildman–Crippen MR) is 73.6 cm³/mol. The molecule has 0 unspecified atom stereocenters. The molecule has 2 rings (SSSR count). The van der Waals surface area contributed by atoms with E-state index in [1.54, 1.807) is 0 Å². The van der Waals surface area contributed by atoms with Crippen LogP contribution in [0.5, 0.6) is 0 Å². The fourth-order valence-electron chi connectivity index (χ4n) is 1.35. The van der Waals surface area contributed by atoms with Crippen LogP contribution in [0.15, 0.2) is 27.0 Å². The second-order valence-electron chi connectivity index (χ2n) is 3.59. The summed E-state index contributed by atoms with van der Waals surface area (Å²) in [5, 5.41) is -0.126. The van der Waals surface area contributed by atoms with E-state index in [-0.39, 0.29) is 32.3 Å². The molecule has 0 spiro atoms. The molecule has 0 aliphatic rings. The Balaban J connectivity index is 2.49. The van der Waals surface area contributed by atoms with Crippen molar-refractivity contribution < 1.29 is 4.39 Å². The van der Waals surface area contributed by atoms with Gasteiger partial charge in [-0.15, -0.1) is 0 Å². The molecule has 0 radical (unpaired) electrons. The Labute approximate surface area is 116 Å². The standard InChI is InChI=1S/C10H9ClFN5OS/c11-7-3(13)1-4(14)9(8(7)12)19-10-16-5(15)2-6(18)17-10/h1-2H,13-14H2,(H3,15,16,17,18). The van der Waals surface area contributed by atoms with E-state index in [1.807, 2.05) is 0 Å². The van der Waals surface area contributed by atoms with Crippen LogP contribution >= 0.6 is 23.4 Å².